The lowest BCUT2D eigenvalue weighted by Gasteiger charge is -2.29. The van der Waals surface area contributed by atoms with Gasteiger partial charge >= 0.3 is 0 Å². The molecule has 2 aliphatic heterocycles. The zero-order valence-corrected chi connectivity index (χ0v) is 17.6. The lowest BCUT2D eigenvalue weighted by atomic mass is 9.94. The predicted molar refractivity (Wildman–Crippen MR) is 118 cm³/mol. The van der Waals surface area contributed by atoms with Crippen LogP contribution >= 0.6 is 0 Å². The van der Waals surface area contributed by atoms with Crippen LogP contribution in [0.15, 0.2) is 51.2 Å². The fraction of sp³-hybridized carbons (Fsp3) is 0.240. The first-order chi connectivity index (χ1) is 14.6. The third kappa shape index (κ3) is 2.98. The van der Waals surface area contributed by atoms with E-state index in [1.54, 1.807) is 6.07 Å². The monoisotopic (exact) mass is 418 g/mol. The van der Waals surface area contributed by atoms with Gasteiger partial charge in [0.15, 0.2) is 5.58 Å². The van der Waals surface area contributed by atoms with E-state index in [1.807, 2.05) is 45.9 Å². The van der Waals surface area contributed by atoms with Crippen molar-refractivity contribution in [3.05, 3.63) is 63.3 Å². The summed E-state index contributed by atoms with van der Waals surface area (Å²) in [6.45, 7) is 7.62. The summed E-state index contributed by atoms with van der Waals surface area (Å²) < 4.78 is 18.3. The zero-order valence-electron chi connectivity index (χ0n) is 17.6. The van der Waals surface area contributed by atoms with Crippen molar-refractivity contribution < 1.29 is 24.1 Å². The van der Waals surface area contributed by atoms with Crippen molar-refractivity contribution in [2.24, 2.45) is 0 Å². The molecule has 0 fully saturated rings. The summed E-state index contributed by atoms with van der Waals surface area (Å²) in [5, 5.41) is 20.7. The molecule has 0 saturated carbocycles. The number of rotatable bonds is 1. The molecule has 3 heterocycles. The van der Waals surface area contributed by atoms with E-state index >= 15 is 0 Å². The summed E-state index contributed by atoms with van der Waals surface area (Å²) in [6.07, 6.45) is 4.83. The number of fused-ring (bicyclic) bond motifs is 6. The fourth-order valence-corrected chi connectivity index (χ4v) is 4.07. The van der Waals surface area contributed by atoms with Crippen molar-refractivity contribution in [3.8, 4) is 34.3 Å². The molecule has 5 rings (SSSR count). The van der Waals surface area contributed by atoms with E-state index in [-0.39, 0.29) is 27.9 Å². The van der Waals surface area contributed by atoms with Crippen molar-refractivity contribution >= 4 is 17.0 Å². The van der Waals surface area contributed by atoms with Crippen molar-refractivity contribution in [2.75, 3.05) is 0 Å². The Morgan fingerprint density at radius 3 is 2.65 bits per heavy atom. The minimum atomic E-state index is -0.712. The summed E-state index contributed by atoms with van der Waals surface area (Å²) in [5.41, 5.74) is 1.75. The Kier molecular flexibility index (Phi) is 3.99. The second kappa shape index (κ2) is 6.41. The molecule has 6 heteroatoms. The van der Waals surface area contributed by atoms with Gasteiger partial charge in [-0.05, 0) is 58.1 Å². The Bertz CT molecular complexity index is 1370. The molecule has 2 aromatic carbocycles. The highest BCUT2D eigenvalue weighted by Crippen LogP contribution is 2.47. The number of aromatic hydroxyl groups is 2. The highest BCUT2D eigenvalue weighted by molar-refractivity contribution is 5.95. The number of benzene rings is 2. The van der Waals surface area contributed by atoms with Crippen LogP contribution in [0, 0.1) is 0 Å². The molecule has 0 spiro atoms. The van der Waals surface area contributed by atoms with Crippen LogP contribution in [-0.4, -0.2) is 15.8 Å². The summed E-state index contributed by atoms with van der Waals surface area (Å²) in [4.78, 5) is 13.6. The molecule has 0 aliphatic carbocycles. The van der Waals surface area contributed by atoms with Gasteiger partial charge in [-0.25, -0.2) is 0 Å². The number of hydrogen-bond donors (Lipinski definition) is 2. The molecule has 6 nitrogen and oxygen atoms in total. The maximum absolute atomic E-state index is 13.6. The average Bonchev–Trinajstić information content (AvgIpc) is 2.65. The van der Waals surface area contributed by atoms with Crippen molar-refractivity contribution in [1.82, 2.24) is 0 Å². The quantitative estimate of drug-likeness (QED) is 0.511. The third-order valence-electron chi connectivity index (χ3n) is 5.44. The van der Waals surface area contributed by atoms with Crippen LogP contribution in [0.2, 0.25) is 0 Å². The molecule has 0 bridgehead atoms. The molecule has 1 atom stereocenters. The van der Waals surface area contributed by atoms with Crippen molar-refractivity contribution in [1.29, 1.82) is 0 Å². The van der Waals surface area contributed by atoms with E-state index in [0.29, 0.717) is 33.9 Å². The first-order valence-corrected chi connectivity index (χ1v) is 10.0. The van der Waals surface area contributed by atoms with Gasteiger partial charge in [-0.1, -0.05) is 5.57 Å². The minimum absolute atomic E-state index is 0.0508. The van der Waals surface area contributed by atoms with E-state index in [4.69, 9.17) is 13.9 Å². The van der Waals surface area contributed by atoms with Crippen LogP contribution < -0.4 is 14.9 Å². The van der Waals surface area contributed by atoms with Crippen molar-refractivity contribution in [2.45, 2.75) is 39.4 Å². The van der Waals surface area contributed by atoms with Gasteiger partial charge in [-0.3, -0.25) is 4.79 Å². The molecule has 2 aliphatic rings. The number of phenols is 2. The second-order valence-corrected chi connectivity index (χ2v) is 8.69. The molecule has 1 unspecified atom stereocenters. The Morgan fingerprint density at radius 2 is 1.90 bits per heavy atom. The predicted octanol–water partition coefficient (Wildman–Crippen LogP) is 5.46. The van der Waals surface area contributed by atoms with Crippen LogP contribution in [0.1, 0.15) is 44.9 Å². The summed E-state index contributed by atoms with van der Waals surface area (Å²) in [5.74, 6) is 1.06. The van der Waals surface area contributed by atoms with E-state index in [0.717, 1.165) is 5.57 Å². The maximum atomic E-state index is 13.6. The molecular formula is C25H22O6. The van der Waals surface area contributed by atoms with Crippen molar-refractivity contribution in [3.63, 3.8) is 0 Å². The Balaban J connectivity index is 1.90. The molecular weight excluding hydrogens is 396 g/mol. The molecule has 0 radical (unpaired) electrons. The second-order valence-electron chi connectivity index (χ2n) is 8.69. The number of hydrogen-bond acceptors (Lipinski definition) is 6. The van der Waals surface area contributed by atoms with Crippen LogP contribution in [0.5, 0.6) is 23.0 Å². The van der Waals surface area contributed by atoms with E-state index in [1.165, 1.54) is 18.2 Å². The standard InChI is InChI=1S/C25H22O6/c1-12(2)9-19-21-22(28)20-16(27)11-18-15(7-8-25(3,4)31-18)23(20)30-24(21)14-6-5-13(26)10-17(14)29-19/h5-11,19,26-27H,1-4H3. The SMILES string of the molecule is CC(C)=CC1Oc2cc(O)ccc2-c2oc3c4c(cc(O)c3c(=O)c21)OC(C)(C)C=C4. The number of phenolic OH excluding ortho intramolecular Hbond substituents is 2. The molecule has 31 heavy (non-hydrogen) atoms. The number of allylic oxidation sites excluding steroid dienone is 1. The molecule has 0 amide bonds. The summed E-state index contributed by atoms with van der Waals surface area (Å²) in [7, 11) is 0. The first-order valence-electron chi connectivity index (χ1n) is 10.0. The lowest BCUT2D eigenvalue weighted by Crippen LogP contribution is -2.28. The lowest BCUT2D eigenvalue weighted by molar-refractivity contribution is 0.158. The molecule has 3 aromatic rings. The van der Waals surface area contributed by atoms with Gasteiger partial charge in [-0.15, -0.1) is 0 Å². The molecule has 0 saturated heterocycles. The maximum Gasteiger partial charge on any atom is 0.204 e. The Hall–Kier alpha value is -3.67. The minimum Gasteiger partial charge on any atom is -0.508 e. The van der Waals surface area contributed by atoms with Gasteiger partial charge in [0.25, 0.3) is 0 Å². The van der Waals surface area contributed by atoms with Crippen LogP contribution in [0.4, 0.5) is 0 Å². The fourth-order valence-electron chi connectivity index (χ4n) is 4.07. The first kappa shape index (κ1) is 19.3. The summed E-state index contributed by atoms with van der Waals surface area (Å²) >= 11 is 0. The third-order valence-corrected chi connectivity index (χ3v) is 5.44. The van der Waals surface area contributed by atoms with Gasteiger partial charge < -0.3 is 24.1 Å². The Morgan fingerprint density at radius 1 is 1.13 bits per heavy atom. The van der Waals surface area contributed by atoms with Gasteiger partial charge in [-0.2, -0.15) is 0 Å². The van der Waals surface area contributed by atoms with Crippen LogP contribution in [0.3, 0.4) is 0 Å². The molecule has 2 N–H and O–H groups in total. The molecule has 158 valence electrons. The van der Waals surface area contributed by atoms with Gasteiger partial charge in [0, 0.05) is 12.1 Å². The van der Waals surface area contributed by atoms with E-state index in [9.17, 15) is 15.0 Å². The average molecular weight is 418 g/mol. The summed E-state index contributed by atoms with van der Waals surface area (Å²) in [6, 6.07) is 6.12. The Labute approximate surface area is 178 Å². The van der Waals surface area contributed by atoms with Gasteiger partial charge in [0.2, 0.25) is 5.43 Å². The van der Waals surface area contributed by atoms with Gasteiger partial charge in [0.1, 0.15) is 45.8 Å². The van der Waals surface area contributed by atoms with Crippen LogP contribution in [0.25, 0.3) is 28.4 Å². The largest absolute Gasteiger partial charge is 0.508 e. The number of ether oxygens (including phenoxy) is 2. The van der Waals surface area contributed by atoms with E-state index in [2.05, 4.69) is 0 Å². The normalized spacial score (nSPS) is 17.7. The van der Waals surface area contributed by atoms with E-state index < -0.39 is 11.7 Å². The highest BCUT2D eigenvalue weighted by Gasteiger charge is 2.34. The highest BCUT2D eigenvalue weighted by atomic mass is 16.5. The van der Waals surface area contributed by atoms with Crippen LogP contribution in [-0.2, 0) is 0 Å². The molecule has 1 aromatic heterocycles. The topological polar surface area (TPSA) is 89.1 Å². The zero-order chi connectivity index (χ0) is 22.1. The van der Waals surface area contributed by atoms with Gasteiger partial charge in [0.05, 0.1) is 16.7 Å². The smallest absolute Gasteiger partial charge is 0.204 e.